The SMILES string of the molecule is C[NH+]1C2CCC1CC(OC(=O)/C(=C/c1ccccc1)c1ccc([N+](=O)[O-])cc1)C2.[Cl-]. The fourth-order valence-electron chi connectivity index (χ4n) is 4.58. The number of nitro groups is 1. The van der Waals surface area contributed by atoms with Crippen LogP contribution in [0.5, 0.6) is 0 Å². The standard InChI is InChI=1S/C23H24N2O4.ClH/c1-24-19-11-12-20(24)15-21(14-19)29-23(26)22(13-16-5-3-2-4-6-16)17-7-9-18(10-8-17)25(27)28;/h2-10,13,19-21H,11-12,14-15H2,1H3;1H/b22-13+;. The van der Waals surface area contributed by atoms with Crippen molar-refractivity contribution in [1.29, 1.82) is 0 Å². The van der Waals surface area contributed by atoms with Crippen LogP contribution in [0.3, 0.4) is 0 Å². The smallest absolute Gasteiger partial charge is 0.339 e. The summed E-state index contributed by atoms with van der Waals surface area (Å²) in [6, 6.07) is 16.7. The van der Waals surface area contributed by atoms with E-state index >= 15 is 0 Å². The van der Waals surface area contributed by atoms with Crippen LogP contribution in [0.25, 0.3) is 11.6 Å². The number of piperidine rings is 1. The zero-order valence-electron chi connectivity index (χ0n) is 16.8. The molecule has 158 valence electrons. The topological polar surface area (TPSA) is 73.9 Å². The zero-order valence-corrected chi connectivity index (χ0v) is 17.5. The predicted octanol–water partition coefficient (Wildman–Crippen LogP) is -0.109. The Bertz CT molecular complexity index is 916. The van der Waals surface area contributed by atoms with Gasteiger partial charge in [0.15, 0.2) is 0 Å². The van der Waals surface area contributed by atoms with Crippen molar-refractivity contribution < 1.29 is 31.8 Å². The summed E-state index contributed by atoms with van der Waals surface area (Å²) in [7, 11) is 2.23. The molecular formula is C23H25ClN2O4. The van der Waals surface area contributed by atoms with Crippen molar-refractivity contribution in [2.75, 3.05) is 7.05 Å². The number of nitrogens with zero attached hydrogens (tertiary/aromatic N) is 1. The van der Waals surface area contributed by atoms with Crippen molar-refractivity contribution in [3.05, 3.63) is 75.8 Å². The molecule has 0 aliphatic carbocycles. The van der Waals surface area contributed by atoms with Crippen molar-refractivity contribution >= 4 is 23.3 Å². The van der Waals surface area contributed by atoms with Crippen molar-refractivity contribution in [1.82, 2.24) is 0 Å². The van der Waals surface area contributed by atoms with Crippen LogP contribution in [-0.4, -0.2) is 36.1 Å². The molecule has 2 heterocycles. The summed E-state index contributed by atoms with van der Waals surface area (Å²) in [5, 5.41) is 11.0. The number of hydrogen-bond acceptors (Lipinski definition) is 4. The van der Waals surface area contributed by atoms with Gasteiger partial charge in [0.1, 0.15) is 6.10 Å². The fourth-order valence-corrected chi connectivity index (χ4v) is 4.58. The van der Waals surface area contributed by atoms with Crippen LogP contribution < -0.4 is 17.3 Å². The molecule has 1 N–H and O–H groups in total. The highest BCUT2D eigenvalue weighted by Crippen LogP contribution is 2.28. The van der Waals surface area contributed by atoms with Crippen LogP contribution in [0.1, 0.15) is 36.8 Å². The van der Waals surface area contributed by atoms with Crippen LogP contribution >= 0.6 is 0 Å². The summed E-state index contributed by atoms with van der Waals surface area (Å²) in [6.07, 6.45) is 5.90. The first kappa shape index (κ1) is 22.0. The lowest BCUT2D eigenvalue weighted by molar-refractivity contribution is -0.923. The number of ether oxygens (including phenoxy) is 1. The molecule has 2 aliphatic heterocycles. The van der Waals surface area contributed by atoms with Crippen molar-refractivity contribution in [2.45, 2.75) is 43.9 Å². The van der Waals surface area contributed by atoms with Gasteiger partial charge in [-0.2, -0.15) is 0 Å². The quantitative estimate of drug-likeness (QED) is 0.237. The molecule has 2 bridgehead atoms. The lowest BCUT2D eigenvalue weighted by Crippen LogP contribution is -3.15. The van der Waals surface area contributed by atoms with E-state index in [1.165, 1.54) is 25.0 Å². The second-order valence-corrected chi connectivity index (χ2v) is 7.99. The number of nitrogens with one attached hydrogen (secondary N) is 1. The van der Waals surface area contributed by atoms with Gasteiger partial charge in [0.25, 0.3) is 5.69 Å². The Labute approximate surface area is 182 Å². The molecule has 2 unspecified atom stereocenters. The Morgan fingerprint density at radius 3 is 2.23 bits per heavy atom. The fraction of sp³-hybridized carbons (Fsp3) is 0.348. The number of esters is 1. The normalized spacial score (nSPS) is 25.3. The van der Waals surface area contributed by atoms with Gasteiger partial charge in [-0.1, -0.05) is 30.3 Å². The molecular weight excluding hydrogens is 404 g/mol. The Kier molecular flexibility index (Phi) is 6.90. The summed E-state index contributed by atoms with van der Waals surface area (Å²) >= 11 is 0. The summed E-state index contributed by atoms with van der Waals surface area (Å²) in [6.45, 7) is 0. The van der Waals surface area contributed by atoms with Gasteiger partial charge in [0.05, 0.1) is 29.6 Å². The van der Waals surface area contributed by atoms with Crippen LogP contribution in [0.15, 0.2) is 54.6 Å². The highest BCUT2D eigenvalue weighted by molar-refractivity contribution is 6.21. The average Bonchev–Trinajstić information content (AvgIpc) is 2.93. The molecule has 0 aromatic heterocycles. The molecule has 30 heavy (non-hydrogen) atoms. The third-order valence-corrected chi connectivity index (χ3v) is 6.24. The van der Waals surface area contributed by atoms with E-state index in [1.54, 1.807) is 23.1 Å². The maximum atomic E-state index is 13.1. The molecule has 0 amide bonds. The summed E-state index contributed by atoms with van der Waals surface area (Å²) in [5.74, 6) is -0.369. The maximum Gasteiger partial charge on any atom is 0.339 e. The molecule has 0 spiro atoms. The minimum absolute atomic E-state index is 0. The molecule has 2 saturated heterocycles. The number of nitro benzene ring substituents is 1. The zero-order chi connectivity index (χ0) is 20.4. The highest BCUT2D eigenvalue weighted by Gasteiger charge is 2.43. The van der Waals surface area contributed by atoms with E-state index in [0.29, 0.717) is 23.2 Å². The molecule has 2 aromatic carbocycles. The van der Waals surface area contributed by atoms with Gasteiger partial charge in [-0.3, -0.25) is 10.1 Å². The first-order valence-corrected chi connectivity index (χ1v) is 10.1. The molecule has 6 nitrogen and oxygen atoms in total. The second-order valence-electron chi connectivity index (χ2n) is 7.99. The summed E-state index contributed by atoms with van der Waals surface area (Å²) in [5.41, 5.74) is 1.91. The average molecular weight is 429 g/mol. The van der Waals surface area contributed by atoms with Gasteiger partial charge >= 0.3 is 5.97 Å². The lowest BCUT2D eigenvalue weighted by Gasteiger charge is -2.33. The maximum absolute atomic E-state index is 13.1. The first-order chi connectivity index (χ1) is 14.0. The van der Waals surface area contributed by atoms with Crippen molar-refractivity contribution in [3.8, 4) is 0 Å². The van der Waals surface area contributed by atoms with Crippen LogP contribution in [0.4, 0.5) is 5.69 Å². The number of carbonyl (C=O) groups is 1. The summed E-state index contributed by atoms with van der Waals surface area (Å²) in [4.78, 5) is 25.2. The number of non-ortho nitro benzene ring substituents is 1. The Morgan fingerprint density at radius 1 is 1.07 bits per heavy atom. The van der Waals surface area contributed by atoms with E-state index in [-0.39, 0.29) is 30.2 Å². The second kappa shape index (κ2) is 9.41. The van der Waals surface area contributed by atoms with E-state index < -0.39 is 4.92 Å². The van der Waals surface area contributed by atoms with E-state index in [2.05, 4.69) is 7.05 Å². The van der Waals surface area contributed by atoms with Crippen LogP contribution in [-0.2, 0) is 9.53 Å². The van der Waals surface area contributed by atoms with Gasteiger partial charge < -0.3 is 22.0 Å². The number of hydrogen-bond donors (Lipinski definition) is 1. The molecule has 2 aliphatic rings. The Morgan fingerprint density at radius 2 is 1.67 bits per heavy atom. The van der Waals surface area contributed by atoms with Crippen molar-refractivity contribution in [3.63, 3.8) is 0 Å². The monoisotopic (exact) mass is 428 g/mol. The molecule has 0 radical (unpaired) electrons. The number of fused-ring (bicyclic) bond motifs is 2. The highest BCUT2D eigenvalue weighted by atomic mass is 35.5. The summed E-state index contributed by atoms with van der Waals surface area (Å²) < 4.78 is 5.93. The number of quaternary nitrogens is 1. The minimum atomic E-state index is -0.445. The van der Waals surface area contributed by atoms with E-state index in [9.17, 15) is 14.9 Å². The van der Waals surface area contributed by atoms with Crippen molar-refractivity contribution in [2.24, 2.45) is 0 Å². The minimum Gasteiger partial charge on any atom is -1.00 e. The van der Waals surface area contributed by atoms with Gasteiger partial charge in [0.2, 0.25) is 0 Å². The predicted molar refractivity (Wildman–Crippen MR) is 110 cm³/mol. The van der Waals surface area contributed by atoms with Crippen LogP contribution in [0.2, 0.25) is 0 Å². The molecule has 2 fully saturated rings. The van der Waals surface area contributed by atoms with Gasteiger partial charge in [-0.15, -0.1) is 0 Å². The van der Waals surface area contributed by atoms with Gasteiger partial charge in [-0.25, -0.2) is 4.79 Å². The molecule has 2 aromatic rings. The number of rotatable bonds is 5. The molecule has 0 saturated carbocycles. The largest absolute Gasteiger partial charge is 1.00 e. The Hall–Kier alpha value is -2.70. The lowest BCUT2D eigenvalue weighted by atomic mass is 9.99. The third-order valence-electron chi connectivity index (χ3n) is 6.24. The Balaban J connectivity index is 0.00000256. The molecule has 2 atom stereocenters. The number of benzene rings is 2. The molecule has 7 heteroatoms. The van der Waals surface area contributed by atoms with E-state index in [4.69, 9.17) is 4.74 Å². The molecule has 4 rings (SSSR count). The third kappa shape index (κ3) is 4.71. The van der Waals surface area contributed by atoms with Gasteiger partial charge in [0, 0.05) is 37.8 Å². The van der Waals surface area contributed by atoms with E-state index in [1.807, 2.05) is 30.3 Å². The number of carbonyl (C=O) groups excluding carboxylic acids is 1. The van der Waals surface area contributed by atoms with Gasteiger partial charge in [-0.05, 0) is 29.3 Å². The number of halogens is 1. The van der Waals surface area contributed by atoms with E-state index in [0.717, 1.165) is 18.4 Å². The van der Waals surface area contributed by atoms with Crippen LogP contribution in [0, 0.1) is 10.1 Å². The first-order valence-electron chi connectivity index (χ1n) is 10.1.